The van der Waals surface area contributed by atoms with Crippen molar-refractivity contribution < 1.29 is 4.79 Å². The van der Waals surface area contributed by atoms with Gasteiger partial charge in [-0.1, -0.05) is 42.8 Å². The first-order chi connectivity index (χ1) is 13.9. The summed E-state index contributed by atoms with van der Waals surface area (Å²) in [6.07, 6.45) is 2.03. The first-order valence-electron chi connectivity index (χ1n) is 10.3. The Balaban J connectivity index is 1.79. The maximum atomic E-state index is 13.1. The normalized spacial score (nSPS) is 15.1. The number of nitrogens with zero attached hydrogens (tertiary/aromatic N) is 3. The third-order valence-corrected chi connectivity index (χ3v) is 5.94. The molecule has 0 saturated carbocycles. The van der Waals surface area contributed by atoms with Gasteiger partial charge in [0.25, 0.3) is 5.56 Å². The first-order valence-corrected chi connectivity index (χ1v) is 10.3. The lowest BCUT2D eigenvalue weighted by Crippen LogP contribution is -2.41. The minimum Gasteiger partial charge on any atom is -0.341 e. The number of benzene rings is 2. The molecule has 29 heavy (non-hydrogen) atoms. The number of aromatic nitrogens is 2. The van der Waals surface area contributed by atoms with Crippen LogP contribution in [0.5, 0.6) is 0 Å². The molecule has 5 heteroatoms. The lowest BCUT2D eigenvalue weighted by Gasteiger charge is -2.30. The van der Waals surface area contributed by atoms with E-state index in [2.05, 4.69) is 30.2 Å². The van der Waals surface area contributed by atoms with E-state index in [9.17, 15) is 9.59 Å². The van der Waals surface area contributed by atoms with Gasteiger partial charge in [0, 0.05) is 24.0 Å². The zero-order valence-corrected chi connectivity index (χ0v) is 17.3. The van der Waals surface area contributed by atoms with E-state index >= 15 is 0 Å². The molecule has 1 fully saturated rings. The van der Waals surface area contributed by atoms with Crippen molar-refractivity contribution in [3.05, 3.63) is 63.9 Å². The highest BCUT2D eigenvalue weighted by Crippen LogP contribution is 2.28. The molecule has 0 N–H and O–H groups in total. The topological polar surface area (TPSA) is 55.2 Å². The predicted molar refractivity (Wildman–Crippen MR) is 116 cm³/mol. The van der Waals surface area contributed by atoms with Crippen LogP contribution in [0.2, 0.25) is 0 Å². The van der Waals surface area contributed by atoms with Crippen molar-refractivity contribution in [3.63, 3.8) is 0 Å². The molecule has 1 aliphatic heterocycles. The average molecular weight is 389 g/mol. The Morgan fingerprint density at radius 3 is 2.48 bits per heavy atom. The van der Waals surface area contributed by atoms with E-state index in [1.54, 1.807) is 0 Å². The highest BCUT2D eigenvalue weighted by molar-refractivity contribution is 5.94. The third-order valence-electron chi connectivity index (χ3n) is 5.94. The van der Waals surface area contributed by atoms with Gasteiger partial charge in [0.2, 0.25) is 5.91 Å². The smallest absolute Gasteiger partial charge is 0.275 e. The van der Waals surface area contributed by atoms with Gasteiger partial charge in [-0.05, 0) is 50.3 Å². The van der Waals surface area contributed by atoms with E-state index in [1.165, 1.54) is 4.68 Å². The molecule has 1 aliphatic rings. The summed E-state index contributed by atoms with van der Waals surface area (Å²) in [5, 5.41) is 6.10. The number of hydrogen-bond donors (Lipinski definition) is 0. The van der Waals surface area contributed by atoms with Crippen molar-refractivity contribution in [2.75, 3.05) is 13.1 Å². The molecular formula is C24H27N3O2. The van der Waals surface area contributed by atoms with E-state index < -0.39 is 0 Å². The number of likely N-dealkylation sites (tertiary alicyclic amines) is 1. The van der Waals surface area contributed by atoms with Crippen molar-refractivity contribution >= 4 is 16.7 Å². The average Bonchev–Trinajstić information content (AvgIpc) is 2.72. The summed E-state index contributed by atoms with van der Waals surface area (Å²) in [5.74, 6) is 0.616. The Labute approximate surface area is 171 Å². The summed E-state index contributed by atoms with van der Waals surface area (Å²) < 4.78 is 1.35. The summed E-state index contributed by atoms with van der Waals surface area (Å²) in [6.45, 7) is 7.80. The number of carbonyl (C=O) groups is 1. The zero-order chi connectivity index (χ0) is 20.5. The van der Waals surface area contributed by atoms with E-state index in [0.717, 1.165) is 53.7 Å². The molecule has 0 aliphatic carbocycles. The van der Waals surface area contributed by atoms with Gasteiger partial charge in [-0.2, -0.15) is 5.10 Å². The molecule has 0 unspecified atom stereocenters. The van der Waals surface area contributed by atoms with Crippen molar-refractivity contribution in [3.8, 4) is 11.3 Å². The summed E-state index contributed by atoms with van der Waals surface area (Å²) in [6, 6.07) is 13.7. The number of rotatable bonds is 3. The van der Waals surface area contributed by atoms with E-state index in [1.807, 2.05) is 43.0 Å². The Hall–Kier alpha value is -2.95. The van der Waals surface area contributed by atoms with Crippen LogP contribution < -0.4 is 5.56 Å². The second-order valence-electron chi connectivity index (χ2n) is 8.24. The highest BCUT2D eigenvalue weighted by Gasteiger charge is 2.22. The van der Waals surface area contributed by atoms with Gasteiger partial charge in [-0.3, -0.25) is 9.59 Å². The molecule has 0 radical (unpaired) electrons. The number of hydrogen-bond acceptors (Lipinski definition) is 3. The number of fused-ring (bicyclic) bond motifs is 1. The van der Waals surface area contributed by atoms with Crippen LogP contribution in [-0.4, -0.2) is 33.7 Å². The minimum atomic E-state index is -0.214. The molecule has 2 heterocycles. The Bertz CT molecular complexity index is 1120. The lowest BCUT2D eigenvalue weighted by molar-refractivity contribution is -0.133. The Morgan fingerprint density at radius 1 is 1.07 bits per heavy atom. The quantitative estimate of drug-likeness (QED) is 0.682. The van der Waals surface area contributed by atoms with Gasteiger partial charge in [-0.15, -0.1) is 0 Å². The second kappa shape index (κ2) is 7.82. The standard InChI is InChI=1S/C24H27N3O2/c1-16-10-12-26(13-11-16)22(28)15-27-24(29)20-7-5-4-6-19(20)23(25-27)21-14-17(2)8-9-18(21)3/h4-9,14,16H,10-13,15H2,1-3H3. The maximum Gasteiger partial charge on any atom is 0.275 e. The van der Waals surface area contributed by atoms with Gasteiger partial charge in [0.15, 0.2) is 0 Å². The van der Waals surface area contributed by atoms with Crippen molar-refractivity contribution in [2.24, 2.45) is 5.92 Å². The van der Waals surface area contributed by atoms with E-state index in [4.69, 9.17) is 0 Å². The third kappa shape index (κ3) is 3.82. The number of piperidine rings is 1. The van der Waals surface area contributed by atoms with Crippen molar-refractivity contribution in [1.82, 2.24) is 14.7 Å². The lowest BCUT2D eigenvalue weighted by atomic mass is 9.99. The fourth-order valence-corrected chi connectivity index (χ4v) is 4.02. The van der Waals surface area contributed by atoms with Crippen LogP contribution >= 0.6 is 0 Å². The van der Waals surface area contributed by atoms with Crippen LogP contribution in [0.15, 0.2) is 47.3 Å². The summed E-state index contributed by atoms with van der Waals surface area (Å²) in [7, 11) is 0. The summed E-state index contributed by atoms with van der Waals surface area (Å²) in [4.78, 5) is 27.8. The largest absolute Gasteiger partial charge is 0.341 e. The van der Waals surface area contributed by atoms with Crippen LogP contribution in [0.3, 0.4) is 0 Å². The molecule has 0 bridgehead atoms. The maximum absolute atomic E-state index is 13.1. The van der Waals surface area contributed by atoms with Crippen LogP contribution in [0.4, 0.5) is 0 Å². The van der Waals surface area contributed by atoms with E-state index in [-0.39, 0.29) is 18.0 Å². The Morgan fingerprint density at radius 2 is 1.76 bits per heavy atom. The van der Waals surface area contributed by atoms with Gasteiger partial charge in [0.05, 0.1) is 11.1 Å². The molecule has 3 aromatic rings. The SMILES string of the molecule is Cc1ccc(C)c(-c2nn(CC(=O)N3CCC(C)CC3)c(=O)c3ccccc23)c1. The highest BCUT2D eigenvalue weighted by atomic mass is 16.2. The molecule has 5 nitrogen and oxygen atoms in total. The molecule has 1 amide bonds. The molecule has 4 rings (SSSR count). The Kier molecular flexibility index (Phi) is 5.22. The van der Waals surface area contributed by atoms with Crippen LogP contribution in [-0.2, 0) is 11.3 Å². The van der Waals surface area contributed by atoms with Crippen molar-refractivity contribution in [1.29, 1.82) is 0 Å². The summed E-state index contributed by atoms with van der Waals surface area (Å²) in [5.41, 5.74) is 3.76. The van der Waals surface area contributed by atoms with Crippen LogP contribution in [0, 0.1) is 19.8 Å². The number of amides is 1. The zero-order valence-electron chi connectivity index (χ0n) is 17.3. The van der Waals surface area contributed by atoms with Crippen LogP contribution in [0.25, 0.3) is 22.0 Å². The van der Waals surface area contributed by atoms with Gasteiger partial charge in [0.1, 0.15) is 6.54 Å². The van der Waals surface area contributed by atoms with Crippen molar-refractivity contribution in [2.45, 2.75) is 40.2 Å². The number of carbonyl (C=O) groups excluding carboxylic acids is 1. The number of aryl methyl sites for hydroxylation is 2. The van der Waals surface area contributed by atoms with E-state index in [0.29, 0.717) is 11.3 Å². The monoisotopic (exact) mass is 389 g/mol. The molecule has 1 saturated heterocycles. The van der Waals surface area contributed by atoms with Gasteiger partial charge in [-0.25, -0.2) is 4.68 Å². The first kappa shape index (κ1) is 19.4. The molecule has 0 spiro atoms. The molecule has 150 valence electrons. The van der Waals surface area contributed by atoms with Crippen LogP contribution in [0.1, 0.15) is 30.9 Å². The fraction of sp³-hybridized carbons (Fsp3) is 0.375. The summed E-state index contributed by atoms with van der Waals surface area (Å²) >= 11 is 0. The molecule has 0 atom stereocenters. The van der Waals surface area contributed by atoms with Gasteiger partial charge < -0.3 is 4.90 Å². The molecule has 1 aromatic heterocycles. The van der Waals surface area contributed by atoms with Gasteiger partial charge >= 0.3 is 0 Å². The predicted octanol–water partition coefficient (Wildman–Crippen LogP) is 3.94. The second-order valence-corrected chi connectivity index (χ2v) is 8.24. The molecule has 2 aromatic carbocycles. The fourth-order valence-electron chi connectivity index (χ4n) is 4.02. The molecular weight excluding hydrogens is 362 g/mol. The minimum absolute atomic E-state index is 0.0179.